The minimum atomic E-state index is -0.681. The van der Waals surface area contributed by atoms with E-state index in [2.05, 4.69) is 22.6 Å². The van der Waals surface area contributed by atoms with E-state index in [0.29, 0.717) is 5.02 Å². The first kappa shape index (κ1) is 14.6. The molecule has 0 bridgehead atoms. The van der Waals surface area contributed by atoms with Gasteiger partial charge in [-0.1, -0.05) is 23.7 Å². The average Bonchev–Trinajstić information content (AvgIpc) is 2.41. The van der Waals surface area contributed by atoms with E-state index in [0.717, 1.165) is 26.0 Å². The second kappa shape index (κ2) is 6.11. The molecule has 0 aliphatic heterocycles. The van der Waals surface area contributed by atoms with Crippen molar-refractivity contribution in [3.63, 3.8) is 0 Å². The molecule has 0 amide bonds. The van der Waals surface area contributed by atoms with E-state index >= 15 is 0 Å². The second-order valence-electron chi connectivity index (χ2n) is 4.31. The summed E-state index contributed by atoms with van der Waals surface area (Å²) in [6.45, 7) is 1.95. The fourth-order valence-electron chi connectivity index (χ4n) is 1.95. The van der Waals surface area contributed by atoms with E-state index < -0.39 is 6.10 Å². The molecule has 0 saturated heterocycles. The van der Waals surface area contributed by atoms with Gasteiger partial charge in [-0.2, -0.15) is 0 Å². The summed E-state index contributed by atoms with van der Waals surface area (Å²) in [4.78, 5) is 0. The highest BCUT2D eigenvalue weighted by molar-refractivity contribution is 14.1. The molecule has 0 aliphatic rings. The van der Waals surface area contributed by atoms with Gasteiger partial charge in [0.2, 0.25) is 0 Å². The Bertz CT molecular complexity index is 599. The van der Waals surface area contributed by atoms with Gasteiger partial charge in [0, 0.05) is 3.57 Å². The van der Waals surface area contributed by atoms with Crippen LogP contribution in [0.4, 0.5) is 0 Å². The van der Waals surface area contributed by atoms with Crippen LogP contribution >= 0.6 is 34.2 Å². The van der Waals surface area contributed by atoms with Gasteiger partial charge in [0.25, 0.3) is 0 Å². The van der Waals surface area contributed by atoms with Crippen molar-refractivity contribution in [1.82, 2.24) is 0 Å². The summed E-state index contributed by atoms with van der Waals surface area (Å²) in [6, 6.07) is 11.2. The molecule has 0 spiro atoms. The Morgan fingerprint density at radius 2 is 1.79 bits per heavy atom. The summed E-state index contributed by atoms with van der Waals surface area (Å²) in [6.07, 6.45) is -0.681. The highest BCUT2D eigenvalue weighted by atomic mass is 127. The number of halogens is 2. The number of methoxy groups -OCH3 is 1. The highest BCUT2D eigenvalue weighted by Crippen LogP contribution is 2.29. The lowest BCUT2D eigenvalue weighted by Gasteiger charge is -2.14. The van der Waals surface area contributed by atoms with Gasteiger partial charge in [0.05, 0.1) is 12.1 Å². The lowest BCUT2D eigenvalue weighted by molar-refractivity contribution is 0.220. The van der Waals surface area contributed by atoms with Crippen LogP contribution in [-0.2, 0) is 0 Å². The van der Waals surface area contributed by atoms with Crippen LogP contribution < -0.4 is 4.74 Å². The summed E-state index contributed by atoms with van der Waals surface area (Å²) in [7, 11) is 1.64. The van der Waals surface area contributed by atoms with Crippen LogP contribution in [0.2, 0.25) is 5.02 Å². The summed E-state index contributed by atoms with van der Waals surface area (Å²) in [5.74, 6) is 0.816. The molecule has 2 aromatic carbocycles. The van der Waals surface area contributed by atoms with Crippen LogP contribution in [-0.4, -0.2) is 12.2 Å². The molecule has 0 aromatic heterocycles. The van der Waals surface area contributed by atoms with Gasteiger partial charge < -0.3 is 9.84 Å². The van der Waals surface area contributed by atoms with Gasteiger partial charge in [-0.15, -0.1) is 0 Å². The van der Waals surface area contributed by atoms with E-state index in [1.165, 1.54) is 0 Å². The highest BCUT2D eigenvalue weighted by Gasteiger charge is 2.13. The molecule has 1 N–H and O–H groups in total. The normalized spacial score (nSPS) is 12.3. The molecule has 0 heterocycles. The molecular weight excluding hydrogens is 375 g/mol. The second-order valence-corrected chi connectivity index (χ2v) is 5.87. The Morgan fingerprint density at radius 3 is 2.37 bits per heavy atom. The van der Waals surface area contributed by atoms with Gasteiger partial charge in [0.1, 0.15) is 11.9 Å². The number of rotatable bonds is 3. The zero-order valence-corrected chi connectivity index (χ0v) is 13.6. The zero-order chi connectivity index (χ0) is 14.0. The maximum absolute atomic E-state index is 10.4. The summed E-state index contributed by atoms with van der Waals surface area (Å²) in [5.41, 5.74) is 2.61. The lowest BCUT2D eigenvalue weighted by Crippen LogP contribution is -2.01. The molecule has 2 rings (SSSR count). The van der Waals surface area contributed by atoms with Crippen molar-refractivity contribution in [3.05, 3.63) is 61.7 Å². The largest absolute Gasteiger partial charge is 0.496 e. The molecule has 0 saturated carbocycles. The summed E-state index contributed by atoms with van der Waals surface area (Å²) >= 11 is 8.25. The van der Waals surface area contributed by atoms with Crippen LogP contribution in [0.1, 0.15) is 22.8 Å². The van der Waals surface area contributed by atoms with Crippen LogP contribution in [0.3, 0.4) is 0 Å². The molecule has 2 aromatic rings. The van der Waals surface area contributed by atoms with Crippen molar-refractivity contribution in [2.75, 3.05) is 7.11 Å². The maximum Gasteiger partial charge on any atom is 0.121 e. The number of hydrogen-bond acceptors (Lipinski definition) is 2. The topological polar surface area (TPSA) is 29.5 Å². The predicted octanol–water partition coefficient (Wildman–Crippen LogP) is 4.34. The Balaban J connectivity index is 2.35. The van der Waals surface area contributed by atoms with Crippen molar-refractivity contribution in [1.29, 1.82) is 0 Å². The first-order chi connectivity index (χ1) is 9.02. The number of aryl methyl sites for hydroxylation is 1. The van der Waals surface area contributed by atoms with Crippen molar-refractivity contribution in [3.8, 4) is 5.75 Å². The van der Waals surface area contributed by atoms with Gasteiger partial charge in [-0.3, -0.25) is 0 Å². The van der Waals surface area contributed by atoms with Crippen LogP contribution in [0.5, 0.6) is 5.75 Å². The number of aliphatic hydroxyl groups is 1. The standard InChI is InChI=1S/C15H14ClIO2/c1-9-7-10(4-6-14(9)19-2)15(18)11-3-5-13(17)12(16)8-11/h3-8,15,18H,1-2H3. The predicted molar refractivity (Wildman–Crippen MR) is 86.0 cm³/mol. The quantitative estimate of drug-likeness (QED) is 0.793. The zero-order valence-electron chi connectivity index (χ0n) is 10.7. The van der Waals surface area contributed by atoms with Gasteiger partial charge >= 0.3 is 0 Å². The van der Waals surface area contributed by atoms with Crippen molar-refractivity contribution >= 4 is 34.2 Å². The SMILES string of the molecule is COc1ccc(C(O)c2ccc(I)c(Cl)c2)cc1C. The molecule has 0 radical (unpaired) electrons. The Labute approximate surface area is 131 Å². The van der Waals surface area contributed by atoms with Gasteiger partial charge in [0.15, 0.2) is 0 Å². The Hall–Kier alpha value is -0.780. The van der Waals surface area contributed by atoms with E-state index in [1.807, 2.05) is 37.3 Å². The molecule has 1 atom stereocenters. The molecule has 0 aliphatic carbocycles. The molecule has 1 unspecified atom stereocenters. The van der Waals surface area contributed by atoms with E-state index in [4.69, 9.17) is 16.3 Å². The van der Waals surface area contributed by atoms with Gasteiger partial charge in [-0.25, -0.2) is 0 Å². The first-order valence-corrected chi connectivity index (χ1v) is 7.26. The number of aliphatic hydroxyl groups excluding tert-OH is 1. The molecule has 100 valence electrons. The minimum Gasteiger partial charge on any atom is -0.496 e. The summed E-state index contributed by atoms with van der Waals surface area (Å²) in [5, 5.41) is 11.0. The maximum atomic E-state index is 10.4. The fraction of sp³-hybridized carbons (Fsp3) is 0.200. The third-order valence-electron chi connectivity index (χ3n) is 2.99. The van der Waals surface area contributed by atoms with E-state index in [-0.39, 0.29) is 0 Å². The Morgan fingerprint density at radius 1 is 1.16 bits per heavy atom. The average molecular weight is 389 g/mol. The van der Waals surface area contributed by atoms with Gasteiger partial charge in [-0.05, 0) is 70.5 Å². The van der Waals surface area contributed by atoms with E-state index in [1.54, 1.807) is 13.2 Å². The smallest absolute Gasteiger partial charge is 0.121 e. The fourth-order valence-corrected chi connectivity index (χ4v) is 2.47. The minimum absolute atomic E-state index is 0.655. The molecule has 0 fully saturated rings. The van der Waals surface area contributed by atoms with Crippen molar-refractivity contribution in [2.45, 2.75) is 13.0 Å². The van der Waals surface area contributed by atoms with E-state index in [9.17, 15) is 5.11 Å². The van der Waals surface area contributed by atoms with Crippen LogP contribution in [0, 0.1) is 10.5 Å². The number of benzene rings is 2. The monoisotopic (exact) mass is 388 g/mol. The molecular formula is C15H14ClIO2. The van der Waals surface area contributed by atoms with Crippen molar-refractivity contribution < 1.29 is 9.84 Å². The third-order valence-corrected chi connectivity index (χ3v) is 4.57. The Kier molecular flexibility index (Phi) is 4.71. The molecule has 19 heavy (non-hydrogen) atoms. The first-order valence-electron chi connectivity index (χ1n) is 5.80. The molecule has 2 nitrogen and oxygen atoms in total. The van der Waals surface area contributed by atoms with Crippen molar-refractivity contribution in [2.24, 2.45) is 0 Å². The summed E-state index contributed by atoms with van der Waals surface area (Å²) < 4.78 is 6.19. The third kappa shape index (κ3) is 3.22. The van der Waals surface area contributed by atoms with Crippen LogP contribution in [0.15, 0.2) is 36.4 Å². The van der Waals surface area contributed by atoms with Crippen LogP contribution in [0.25, 0.3) is 0 Å². The number of hydrogen-bond donors (Lipinski definition) is 1. The molecule has 4 heteroatoms. The lowest BCUT2D eigenvalue weighted by atomic mass is 10.00. The number of ether oxygens (including phenoxy) is 1.